The predicted octanol–water partition coefficient (Wildman–Crippen LogP) is 3.94. The molecule has 0 aliphatic carbocycles. The minimum Gasteiger partial charge on any atom is -0.462 e. The lowest BCUT2D eigenvalue weighted by atomic mass is 10.0. The summed E-state index contributed by atoms with van der Waals surface area (Å²) in [7, 11) is 3.99. The number of hydrogen-bond donors (Lipinski definition) is 1. The fourth-order valence-corrected chi connectivity index (χ4v) is 2.85. The van der Waals surface area contributed by atoms with E-state index in [0.717, 1.165) is 16.4 Å². The van der Waals surface area contributed by atoms with Crippen molar-refractivity contribution < 1.29 is 14.6 Å². The van der Waals surface area contributed by atoms with Crippen LogP contribution in [0.25, 0.3) is 6.08 Å². The van der Waals surface area contributed by atoms with Crippen LogP contribution in [0.1, 0.15) is 19.4 Å². The van der Waals surface area contributed by atoms with Crippen LogP contribution in [0, 0.1) is 16.7 Å². The highest BCUT2D eigenvalue weighted by Gasteiger charge is 2.31. The molecular formula is C22H23N5O3. The van der Waals surface area contributed by atoms with Gasteiger partial charge in [-0.05, 0) is 55.3 Å². The summed E-state index contributed by atoms with van der Waals surface area (Å²) in [6.07, 6.45) is 7.30. The summed E-state index contributed by atoms with van der Waals surface area (Å²) >= 11 is 0. The molecule has 2 aliphatic rings. The first-order valence-corrected chi connectivity index (χ1v) is 9.38. The standard InChI is InChI=1S/C22H23N5O3/c1-5-28-30-27-22(24)21(20(14-23)25-27)17-12-15(2)29-19(13-17)11-8-16-6-9-18(10-7-16)26(3)4/h6-13,24H,5H2,1-4H3/b11-8+,21-17-,24-22?. The molecule has 0 fully saturated rings. The Labute approximate surface area is 175 Å². The topological polar surface area (TPSA) is 94.2 Å². The van der Waals surface area contributed by atoms with E-state index in [1.165, 1.54) is 0 Å². The van der Waals surface area contributed by atoms with E-state index in [1.54, 1.807) is 19.1 Å². The zero-order valence-electron chi connectivity index (χ0n) is 17.3. The van der Waals surface area contributed by atoms with Gasteiger partial charge in [0.25, 0.3) is 0 Å². The maximum absolute atomic E-state index is 9.45. The van der Waals surface area contributed by atoms with Gasteiger partial charge in [-0.15, -0.1) is 5.10 Å². The van der Waals surface area contributed by atoms with Crippen LogP contribution in [0.5, 0.6) is 0 Å². The van der Waals surface area contributed by atoms with Crippen LogP contribution in [-0.4, -0.2) is 37.4 Å². The average molecular weight is 405 g/mol. The summed E-state index contributed by atoms with van der Waals surface area (Å²) < 4.78 is 5.79. The molecule has 0 aromatic heterocycles. The summed E-state index contributed by atoms with van der Waals surface area (Å²) in [6, 6.07) is 10.1. The van der Waals surface area contributed by atoms with Crippen molar-refractivity contribution in [2.24, 2.45) is 5.10 Å². The zero-order chi connectivity index (χ0) is 21.7. The zero-order valence-corrected chi connectivity index (χ0v) is 17.3. The summed E-state index contributed by atoms with van der Waals surface area (Å²) in [4.78, 5) is 11.8. The van der Waals surface area contributed by atoms with Gasteiger partial charge in [-0.2, -0.15) is 5.26 Å². The fraction of sp³-hybridized carbons (Fsp3) is 0.227. The minimum absolute atomic E-state index is 0.0690. The molecule has 0 unspecified atom stereocenters. The number of nitrogens with one attached hydrogen (secondary N) is 1. The number of amidine groups is 1. The number of nitrogens with zero attached hydrogens (tertiary/aromatic N) is 4. The van der Waals surface area contributed by atoms with Gasteiger partial charge in [0.15, 0.2) is 11.5 Å². The quantitative estimate of drug-likeness (QED) is 0.569. The molecule has 1 N–H and O–H groups in total. The molecular weight excluding hydrogens is 382 g/mol. The van der Waals surface area contributed by atoms with Gasteiger partial charge in [0, 0.05) is 19.8 Å². The Kier molecular flexibility index (Phi) is 6.47. The van der Waals surface area contributed by atoms with E-state index < -0.39 is 0 Å². The van der Waals surface area contributed by atoms with Crippen molar-refractivity contribution in [3.05, 3.63) is 70.7 Å². The van der Waals surface area contributed by atoms with Gasteiger partial charge < -0.3 is 9.64 Å². The Morgan fingerprint density at radius 3 is 2.60 bits per heavy atom. The summed E-state index contributed by atoms with van der Waals surface area (Å²) in [6.45, 7) is 3.84. The number of rotatable bonds is 6. The van der Waals surface area contributed by atoms with E-state index in [2.05, 4.69) is 5.10 Å². The van der Waals surface area contributed by atoms with Gasteiger partial charge in [0.2, 0.25) is 0 Å². The Bertz CT molecular complexity index is 1020. The van der Waals surface area contributed by atoms with Crippen molar-refractivity contribution in [3.63, 3.8) is 0 Å². The number of hydrazone groups is 1. The lowest BCUT2D eigenvalue weighted by molar-refractivity contribution is -0.399. The molecule has 2 aliphatic heterocycles. The highest BCUT2D eigenvalue weighted by molar-refractivity contribution is 6.31. The van der Waals surface area contributed by atoms with Crippen LogP contribution in [-0.2, 0) is 14.6 Å². The highest BCUT2D eigenvalue weighted by atomic mass is 17.3. The molecule has 0 amide bonds. The normalized spacial score (nSPS) is 18.7. The number of hydroxylamine groups is 1. The van der Waals surface area contributed by atoms with Gasteiger partial charge in [-0.25, -0.2) is 4.89 Å². The van der Waals surface area contributed by atoms with Crippen molar-refractivity contribution in [3.8, 4) is 6.07 Å². The molecule has 0 atom stereocenters. The maximum Gasteiger partial charge on any atom is 0.185 e. The van der Waals surface area contributed by atoms with Crippen molar-refractivity contribution in [1.29, 1.82) is 10.7 Å². The second kappa shape index (κ2) is 9.22. The first kappa shape index (κ1) is 21.0. The number of ether oxygens (including phenoxy) is 1. The van der Waals surface area contributed by atoms with E-state index in [1.807, 2.05) is 68.4 Å². The molecule has 1 aromatic carbocycles. The third-order valence-electron chi connectivity index (χ3n) is 4.28. The Hall–Kier alpha value is -3.67. The first-order chi connectivity index (χ1) is 14.4. The highest BCUT2D eigenvalue weighted by Crippen LogP contribution is 2.27. The monoisotopic (exact) mass is 405 g/mol. The summed E-state index contributed by atoms with van der Waals surface area (Å²) in [5.74, 6) is 1.14. The average Bonchev–Trinajstić information content (AvgIpc) is 3.06. The lowest BCUT2D eigenvalue weighted by Gasteiger charge is -2.16. The molecule has 0 saturated heterocycles. The molecule has 0 radical (unpaired) electrons. The number of hydrogen-bond acceptors (Lipinski definition) is 7. The number of nitriles is 1. The second-order valence-electron chi connectivity index (χ2n) is 6.72. The molecule has 154 valence electrons. The molecule has 3 rings (SSSR count). The Morgan fingerprint density at radius 1 is 1.23 bits per heavy atom. The summed E-state index contributed by atoms with van der Waals surface area (Å²) in [5, 5.41) is 22.6. The molecule has 0 spiro atoms. The summed E-state index contributed by atoms with van der Waals surface area (Å²) in [5.41, 5.74) is 3.19. The van der Waals surface area contributed by atoms with Crippen molar-refractivity contribution in [1.82, 2.24) is 5.17 Å². The van der Waals surface area contributed by atoms with Crippen LogP contribution < -0.4 is 4.90 Å². The SMILES string of the molecule is CCOON1N=C(C#N)/C(=C2\C=C(C)OC(/C=C/c3ccc(N(C)C)cc3)=C2)C1=N. The van der Waals surface area contributed by atoms with Crippen molar-refractivity contribution >= 4 is 23.3 Å². The van der Waals surface area contributed by atoms with Gasteiger partial charge in [-0.3, -0.25) is 5.41 Å². The number of allylic oxidation sites excluding steroid dienone is 5. The van der Waals surface area contributed by atoms with Gasteiger partial charge in [0.05, 0.1) is 12.2 Å². The molecule has 8 nitrogen and oxygen atoms in total. The second-order valence-corrected chi connectivity index (χ2v) is 6.72. The van der Waals surface area contributed by atoms with Crippen molar-refractivity contribution in [2.75, 3.05) is 25.6 Å². The van der Waals surface area contributed by atoms with Crippen LogP contribution in [0.2, 0.25) is 0 Å². The van der Waals surface area contributed by atoms with Crippen LogP contribution in [0.4, 0.5) is 5.69 Å². The van der Waals surface area contributed by atoms with E-state index in [4.69, 9.17) is 20.0 Å². The number of benzene rings is 1. The Balaban J connectivity index is 1.88. The van der Waals surface area contributed by atoms with Gasteiger partial charge in [-0.1, -0.05) is 28.4 Å². The fourth-order valence-electron chi connectivity index (χ4n) is 2.85. The van der Waals surface area contributed by atoms with E-state index in [-0.39, 0.29) is 18.2 Å². The van der Waals surface area contributed by atoms with Crippen LogP contribution in [0.3, 0.4) is 0 Å². The van der Waals surface area contributed by atoms with Gasteiger partial charge >= 0.3 is 0 Å². The van der Waals surface area contributed by atoms with Crippen LogP contribution >= 0.6 is 0 Å². The predicted molar refractivity (Wildman–Crippen MR) is 115 cm³/mol. The molecule has 0 bridgehead atoms. The van der Waals surface area contributed by atoms with Crippen LogP contribution in [0.15, 0.2) is 70.3 Å². The van der Waals surface area contributed by atoms with Gasteiger partial charge in [0.1, 0.15) is 17.6 Å². The third-order valence-corrected chi connectivity index (χ3v) is 4.28. The molecule has 2 heterocycles. The first-order valence-electron chi connectivity index (χ1n) is 9.38. The third kappa shape index (κ3) is 4.66. The lowest BCUT2D eigenvalue weighted by Crippen LogP contribution is -2.23. The smallest absolute Gasteiger partial charge is 0.185 e. The molecule has 30 heavy (non-hydrogen) atoms. The van der Waals surface area contributed by atoms with Crippen molar-refractivity contribution in [2.45, 2.75) is 13.8 Å². The molecule has 0 saturated carbocycles. The Morgan fingerprint density at radius 2 is 1.97 bits per heavy atom. The van der Waals surface area contributed by atoms with E-state index in [0.29, 0.717) is 22.7 Å². The maximum atomic E-state index is 9.45. The minimum atomic E-state index is -0.0835. The molecule has 8 heteroatoms. The number of anilines is 1. The largest absolute Gasteiger partial charge is 0.462 e. The molecule has 1 aromatic rings. The van der Waals surface area contributed by atoms with E-state index >= 15 is 0 Å². The van der Waals surface area contributed by atoms with E-state index in [9.17, 15) is 5.26 Å².